The third-order valence-electron chi connectivity index (χ3n) is 5.64. The molecule has 2 amide bonds. The molecular weight excluding hydrogens is 444 g/mol. The molecule has 0 saturated carbocycles. The highest BCUT2D eigenvalue weighted by molar-refractivity contribution is 7.10. The quantitative estimate of drug-likeness (QED) is 0.516. The summed E-state index contributed by atoms with van der Waals surface area (Å²) in [7, 11) is 1.29. The Morgan fingerprint density at radius 1 is 0.970 bits per heavy atom. The average Bonchev–Trinajstić information content (AvgIpc) is 3.41. The van der Waals surface area contributed by atoms with Crippen LogP contribution >= 0.6 is 11.3 Å². The highest BCUT2D eigenvalue weighted by atomic mass is 32.1. The van der Waals surface area contributed by atoms with Crippen molar-refractivity contribution in [3.63, 3.8) is 0 Å². The Labute approximate surface area is 194 Å². The van der Waals surface area contributed by atoms with Crippen LogP contribution in [0.1, 0.15) is 45.4 Å². The number of benzene rings is 1. The van der Waals surface area contributed by atoms with E-state index in [2.05, 4.69) is 5.32 Å². The van der Waals surface area contributed by atoms with Crippen molar-refractivity contribution in [1.82, 2.24) is 10.2 Å². The van der Waals surface area contributed by atoms with E-state index >= 15 is 0 Å². The number of nitrogens with one attached hydrogen (secondary N) is 1. The fourth-order valence-corrected chi connectivity index (χ4v) is 4.98. The SMILES string of the molecule is COC(=O)C1=C(C)NC(C)=C(C(=O)OCCN2C(=O)c3ccccc3C2=O)C1c1cccs1. The van der Waals surface area contributed by atoms with Crippen LogP contribution in [0.15, 0.2) is 64.3 Å². The molecule has 0 bridgehead atoms. The van der Waals surface area contributed by atoms with Gasteiger partial charge in [-0.25, -0.2) is 9.59 Å². The van der Waals surface area contributed by atoms with Crippen molar-refractivity contribution >= 4 is 35.1 Å². The van der Waals surface area contributed by atoms with E-state index in [0.717, 1.165) is 9.78 Å². The maximum atomic E-state index is 13.2. The fraction of sp³-hybridized carbons (Fsp3) is 0.250. The molecule has 9 heteroatoms. The lowest BCUT2D eigenvalue weighted by Crippen LogP contribution is -2.35. The Morgan fingerprint density at radius 3 is 2.12 bits per heavy atom. The molecule has 1 unspecified atom stereocenters. The maximum Gasteiger partial charge on any atom is 0.336 e. The number of nitrogens with zero attached hydrogens (tertiary/aromatic N) is 1. The third kappa shape index (κ3) is 3.95. The van der Waals surface area contributed by atoms with Gasteiger partial charge >= 0.3 is 11.9 Å². The highest BCUT2D eigenvalue weighted by Gasteiger charge is 2.39. The Balaban J connectivity index is 1.52. The molecule has 8 nitrogen and oxygen atoms in total. The van der Waals surface area contributed by atoms with Crippen molar-refractivity contribution < 1.29 is 28.7 Å². The molecule has 0 aliphatic carbocycles. The van der Waals surface area contributed by atoms with E-state index in [1.165, 1.54) is 18.4 Å². The number of imide groups is 1. The van der Waals surface area contributed by atoms with Crippen LogP contribution in [0.5, 0.6) is 0 Å². The molecule has 2 aliphatic rings. The molecule has 0 spiro atoms. The number of amides is 2. The number of hydrogen-bond donors (Lipinski definition) is 1. The number of methoxy groups -OCH3 is 1. The number of allylic oxidation sites excluding steroid dienone is 2. The van der Waals surface area contributed by atoms with Crippen LogP contribution in [0.25, 0.3) is 0 Å². The zero-order valence-corrected chi connectivity index (χ0v) is 19.2. The lowest BCUT2D eigenvalue weighted by Gasteiger charge is -2.29. The number of carbonyl (C=O) groups excluding carboxylic acids is 4. The van der Waals surface area contributed by atoms with Crippen LogP contribution in [0.2, 0.25) is 0 Å². The van der Waals surface area contributed by atoms with Crippen LogP contribution in [0, 0.1) is 0 Å². The molecule has 2 aliphatic heterocycles. The van der Waals surface area contributed by atoms with Gasteiger partial charge < -0.3 is 14.8 Å². The van der Waals surface area contributed by atoms with E-state index in [1.54, 1.807) is 38.1 Å². The summed E-state index contributed by atoms with van der Waals surface area (Å²) in [6.45, 7) is 3.24. The van der Waals surface area contributed by atoms with Gasteiger partial charge in [0.2, 0.25) is 0 Å². The number of esters is 2. The number of fused-ring (bicyclic) bond motifs is 1. The zero-order valence-electron chi connectivity index (χ0n) is 18.3. The molecule has 170 valence electrons. The number of thiophene rings is 1. The Kier molecular flexibility index (Phi) is 6.15. The van der Waals surface area contributed by atoms with E-state index in [9.17, 15) is 19.2 Å². The average molecular weight is 467 g/mol. The van der Waals surface area contributed by atoms with Crippen molar-refractivity contribution in [3.8, 4) is 0 Å². The lowest BCUT2D eigenvalue weighted by molar-refractivity contribution is -0.139. The number of hydrogen-bond acceptors (Lipinski definition) is 8. The predicted octanol–water partition coefficient (Wildman–Crippen LogP) is 3.00. The van der Waals surface area contributed by atoms with Crippen LogP contribution < -0.4 is 5.32 Å². The second-order valence-corrected chi connectivity index (χ2v) is 8.57. The number of dihydropyridines is 1. The van der Waals surface area contributed by atoms with Crippen LogP contribution in [-0.4, -0.2) is 48.9 Å². The minimum absolute atomic E-state index is 0.0692. The first-order chi connectivity index (χ1) is 15.8. The topological polar surface area (TPSA) is 102 Å². The molecule has 4 rings (SSSR count). The van der Waals surface area contributed by atoms with Gasteiger partial charge in [-0.3, -0.25) is 14.5 Å². The predicted molar refractivity (Wildman–Crippen MR) is 120 cm³/mol. The van der Waals surface area contributed by atoms with Gasteiger partial charge in [0.05, 0.1) is 41.8 Å². The van der Waals surface area contributed by atoms with Gasteiger partial charge in [-0.05, 0) is 37.4 Å². The summed E-state index contributed by atoms with van der Waals surface area (Å²) in [4.78, 5) is 52.6. The smallest absolute Gasteiger partial charge is 0.336 e. The van der Waals surface area contributed by atoms with Gasteiger partial charge in [-0.15, -0.1) is 11.3 Å². The first kappa shape index (κ1) is 22.5. The van der Waals surface area contributed by atoms with Crippen molar-refractivity contribution in [2.75, 3.05) is 20.3 Å². The zero-order chi connectivity index (χ0) is 23.7. The van der Waals surface area contributed by atoms with E-state index in [0.29, 0.717) is 28.1 Å². The second kappa shape index (κ2) is 9.03. The molecule has 3 heterocycles. The summed E-state index contributed by atoms with van der Waals surface area (Å²) in [5.74, 6) is -2.65. The van der Waals surface area contributed by atoms with Gasteiger partial charge in [0.25, 0.3) is 11.8 Å². The van der Waals surface area contributed by atoms with Crippen LogP contribution in [0.4, 0.5) is 0 Å². The van der Waals surface area contributed by atoms with E-state index in [-0.39, 0.29) is 18.7 Å². The highest BCUT2D eigenvalue weighted by Crippen LogP contribution is 2.41. The molecule has 33 heavy (non-hydrogen) atoms. The largest absolute Gasteiger partial charge is 0.466 e. The molecule has 1 atom stereocenters. The fourth-order valence-electron chi connectivity index (χ4n) is 4.13. The second-order valence-electron chi connectivity index (χ2n) is 7.59. The molecule has 0 radical (unpaired) electrons. The van der Waals surface area contributed by atoms with Gasteiger partial charge in [0.15, 0.2) is 0 Å². The lowest BCUT2D eigenvalue weighted by atomic mass is 9.84. The summed E-state index contributed by atoms with van der Waals surface area (Å²) in [5.41, 5.74) is 2.45. The van der Waals surface area contributed by atoms with Gasteiger partial charge in [-0.1, -0.05) is 18.2 Å². The molecule has 1 aromatic carbocycles. The minimum atomic E-state index is -0.648. The first-order valence-electron chi connectivity index (χ1n) is 10.3. The monoisotopic (exact) mass is 466 g/mol. The Hall–Kier alpha value is -3.72. The summed E-state index contributed by atoms with van der Waals surface area (Å²) >= 11 is 1.41. The van der Waals surface area contributed by atoms with Crippen molar-refractivity contribution in [2.24, 2.45) is 0 Å². The Bertz CT molecular complexity index is 1180. The summed E-state index contributed by atoms with van der Waals surface area (Å²) in [6, 6.07) is 10.3. The molecule has 0 fully saturated rings. The van der Waals surface area contributed by atoms with Crippen LogP contribution in [-0.2, 0) is 19.1 Å². The number of ether oxygens (including phenoxy) is 2. The first-order valence-corrected chi connectivity index (χ1v) is 11.2. The minimum Gasteiger partial charge on any atom is -0.466 e. The van der Waals surface area contributed by atoms with Gasteiger partial charge in [0.1, 0.15) is 6.61 Å². The molecule has 1 aromatic heterocycles. The van der Waals surface area contributed by atoms with E-state index in [4.69, 9.17) is 9.47 Å². The maximum absolute atomic E-state index is 13.2. The normalized spacial score (nSPS) is 17.8. The molecular formula is C24H22N2O6S. The van der Waals surface area contributed by atoms with Crippen LogP contribution in [0.3, 0.4) is 0 Å². The van der Waals surface area contributed by atoms with Crippen molar-refractivity contribution in [3.05, 3.63) is 80.3 Å². The molecule has 0 saturated heterocycles. The standard InChI is InChI=1S/C24H22N2O6S/c1-13-18(23(29)31-3)20(17-9-6-12-33-17)19(14(2)25-13)24(30)32-11-10-26-21(27)15-7-4-5-8-16(15)22(26)28/h4-9,12,20,25H,10-11H2,1-3H3. The van der Waals surface area contributed by atoms with Crippen molar-refractivity contribution in [1.29, 1.82) is 0 Å². The van der Waals surface area contributed by atoms with Crippen molar-refractivity contribution in [2.45, 2.75) is 19.8 Å². The number of carbonyl (C=O) groups is 4. The Morgan fingerprint density at radius 2 is 1.58 bits per heavy atom. The van der Waals surface area contributed by atoms with Gasteiger partial charge in [0, 0.05) is 16.3 Å². The summed E-state index contributed by atoms with van der Waals surface area (Å²) in [6.07, 6.45) is 0. The number of rotatable bonds is 6. The third-order valence-corrected chi connectivity index (χ3v) is 6.58. The van der Waals surface area contributed by atoms with E-state index in [1.807, 2.05) is 17.5 Å². The summed E-state index contributed by atoms with van der Waals surface area (Å²) in [5, 5.41) is 4.93. The van der Waals surface area contributed by atoms with Gasteiger partial charge in [-0.2, -0.15) is 0 Å². The summed E-state index contributed by atoms with van der Waals surface area (Å²) < 4.78 is 10.4. The molecule has 1 N–H and O–H groups in total. The van der Waals surface area contributed by atoms with E-state index < -0.39 is 29.7 Å². The molecule has 2 aromatic rings.